The van der Waals surface area contributed by atoms with Crippen molar-refractivity contribution < 1.29 is 14.6 Å². The highest BCUT2D eigenvalue weighted by Gasteiger charge is 2.41. The number of halogens is 1. The van der Waals surface area contributed by atoms with Crippen LogP contribution in [-0.4, -0.2) is 29.8 Å². The minimum atomic E-state index is -0.211. The summed E-state index contributed by atoms with van der Waals surface area (Å²) in [5, 5.41) is 12.8. The zero-order valence-corrected chi connectivity index (χ0v) is 12.6. The number of carbonyl (C=O) groups excluding carboxylic acids is 1. The summed E-state index contributed by atoms with van der Waals surface area (Å²) >= 11 is 2.13. The summed E-state index contributed by atoms with van der Waals surface area (Å²) in [5.74, 6) is 0.425. The molecule has 0 radical (unpaired) electrons. The molecule has 19 heavy (non-hydrogen) atoms. The highest BCUT2D eigenvalue weighted by Crippen LogP contribution is 2.38. The predicted octanol–water partition coefficient (Wildman–Crippen LogP) is 2.29. The van der Waals surface area contributed by atoms with Crippen LogP contribution in [0.25, 0.3) is 0 Å². The number of nitrogens with one attached hydrogen (secondary N) is 1. The van der Waals surface area contributed by atoms with E-state index < -0.39 is 0 Å². The van der Waals surface area contributed by atoms with E-state index in [4.69, 9.17) is 4.74 Å². The van der Waals surface area contributed by atoms with Crippen LogP contribution < -0.4 is 5.32 Å². The Labute approximate surface area is 125 Å². The van der Waals surface area contributed by atoms with Crippen LogP contribution in [0.2, 0.25) is 0 Å². The van der Waals surface area contributed by atoms with Crippen LogP contribution in [0.5, 0.6) is 5.75 Å². The molecule has 102 valence electrons. The Morgan fingerprint density at radius 2 is 2.16 bits per heavy atom. The summed E-state index contributed by atoms with van der Waals surface area (Å²) in [6, 6.07) is 5.11. The number of aromatic hydroxyl groups is 1. The lowest BCUT2D eigenvalue weighted by Gasteiger charge is -2.19. The molecule has 2 atom stereocenters. The number of amides is 1. The second-order valence-corrected chi connectivity index (χ2v) is 6.45. The molecule has 1 aromatic rings. The molecule has 1 amide bonds. The maximum absolute atomic E-state index is 12.2. The fraction of sp³-hybridized carbons (Fsp3) is 0.500. The van der Waals surface area contributed by atoms with Gasteiger partial charge in [0.2, 0.25) is 0 Å². The van der Waals surface area contributed by atoms with Crippen molar-refractivity contribution in [3.8, 4) is 5.75 Å². The minimum Gasteiger partial charge on any atom is -0.507 e. The summed E-state index contributed by atoms with van der Waals surface area (Å²) < 4.78 is 6.63. The van der Waals surface area contributed by atoms with Gasteiger partial charge in [0.25, 0.3) is 5.91 Å². The Balaban J connectivity index is 1.72. The zero-order valence-electron chi connectivity index (χ0n) is 10.4. The minimum absolute atomic E-state index is 0.0276. The third kappa shape index (κ3) is 2.86. The van der Waals surface area contributed by atoms with Gasteiger partial charge >= 0.3 is 0 Å². The van der Waals surface area contributed by atoms with Gasteiger partial charge in [-0.05, 0) is 66.0 Å². The Morgan fingerprint density at radius 3 is 2.89 bits per heavy atom. The quantitative estimate of drug-likeness (QED) is 0.800. The number of rotatable bonds is 3. The topological polar surface area (TPSA) is 58.6 Å². The van der Waals surface area contributed by atoms with E-state index >= 15 is 0 Å². The van der Waals surface area contributed by atoms with Gasteiger partial charge in [0.15, 0.2) is 0 Å². The molecule has 4 nitrogen and oxygen atoms in total. The average Bonchev–Trinajstić information content (AvgIpc) is 3.13. The molecule has 1 heterocycles. The van der Waals surface area contributed by atoms with Crippen molar-refractivity contribution >= 4 is 28.5 Å². The second-order valence-electron chi connectivity index (χ2n) is 5.20. The molecule has 0 bridgehead atoms. The van der Waals surface area contributed by atoms with E-state index in [9.17, 15) is 9.90 Å². The second kappa shape index (κ2) is 5.28. The molecule has 1 aliphatic carbocycles. The number of hydrogen-bond donors (Lipinski definition) is 2. The molecule has 1 saturated carbocycles. The Kier molecular flexibility index (Phi) is 3.66. The van der Waals surface area contributed by atoms with Crippen LogP contribution in [-0.2, 0) is 4.74 Å². The summed E-state index contributed by atoms with van der Waals surface area (Å²) in [4.78, 5) is 12.2. The van der Waals surface area contributed by atoms with E-state index in [1.807, 2.05) is 0 Å². The molecular weight excluding hydrogens is 357 g/mol. The first kappa shape index (κ1) is 13.2. The van der Waals surface area contributed by atoms with E-state index in [0.717, 1.165) is 9.99 Å². The van der Waals surface area contributed by atoms with E-state index in [2.05, 4.69) is 27.9 Å². The van der Waals surface area contributed by atoms with E-state index in [-0.39, 0.29) is 23.8 Å². The van der Waals surface area contributed by atoms with Crippen molar-refractivity contribution in [2.24, 2.45) is 5.92 Å². The lowest BCUT2D eigenvalue weighted by molar-refractivity contribution is 0.0728. The van der Waals surface area contributed by atoms with Gasteiger partial charge in [-0.3, -0.25) is 4.79 Å². The maximum atomic E-state index is 12.2. The number of hydrogen-bond acceptors (Lipinski definition) is 3. The fourth-order valence-corrected chi connectivity index (χ4v) is 3.08. The monoisotopic (exact) mass is 373 g/mol. The summed E-state index contributed by atoms with van der Waals surface area (Å²) in [6.07, 6.45) is 3.42. The molecule has 1 aliphatic heterocycles. The lowest BCUT2D eigenvalue weighted by atomic mass is 10.1. The predicted molar refractivity (Wildman–Crippen MR) is 79.2 cm³/mol. The van der Waals surface area contributed by atoms with Crippen LogP contribution in [0.3, 0.4) is 0 Å². The molecule has 2 N–H and O–H groups in total. The Hall–Kier alpha value is -0.820. The highest BCUT2D eigenvalue weighted by molar-refractivity contribution is 14.1. The number of ether oxygens (including phenoxy) is 1. The van der Waals surface area contributed by atoms with E-state index in [1.54, 1.807) is 18.2 Å². The van der Waals surface area contributed by atoms with Gasteiger partial charge in [-0.25, -0.2) is 0 Å². The molecule has 0 aromatic heterocycles. The van der Waals surface area contributed by atoms with Crippen LogP contribution in [0, 0.1) is 9.49 Å². The summed E-state index contributed by atoms with van der Waals surface area (Å²) in [7, 11) is 0. The first-order valence-corrected chi connectivity index (χ1v) is 7.64. The van der Waals surface area contributed by atoms with E-state index in [0.29, 0.717) is 18.1 Å². The summed E-state index contributed by atoms with van der Waals surface area (Å²) in [6.45, 7) is 0.713. The van der Waals surface area contributed by atoms with Crippen molar-refractivity contribution in [3.63, 3.8) is 0 Å². The Morgan fingerprint density at radius 1 is 1.37 bits per heavy atom. The van der Waals surface area contributed by atoms with Crippen molar-refractivity contribution in [2.75, 3.05) is 6.61 Å². The largest absolute Gasteiger partial charge is 0.507 e. The van der Waals surface area contributed by atoms with Crippen molar-refractivity contribution in [1.29, 1.82) is 0 Å². The van der Waals surface area contributed by atoms with Gasteiger partial charge in [-0.15, -0.1) is 0 Å². The molecule has 1 saturated heterocycles. The van der Waals surface area contributed by atoms with Crippen molar-refractivity contribution in [2.45, 2.75) is 31.4 Å². The normalized spacial score (nSPS) is 26.4. The third-order valence-electron chi connectivity index (χ3n) is 3.74. The van der Waals surface area contributed by atoms with Gasteiger partial charge in [-0.1, -0.05) is 0 Å². The van der Waals surface area contributed by atoms with Crippen LogP contribution in [0.15, 0.2) is 18.2 Å². The van der Waals surface area contributed by atoms with Gasteiger partial charge in [0.05, 0.1) is 17.7 Å². The third-order valence-corrected chi connectivity index (χ3v) is 4.41. The van der Waals surface area contributed by atoms with Gasteiger partial charge in [0, 0.05) is 10.2 Å². The van der Waals surface area contributed by atoms with Crippen LogP contribution in [0.4, 0.5) is 0 Å². The smallest absolute Gasteiger partial charge is 0.255 e. The number of phenolic OH excluding ortho intramolecular Hbond substituents is 1. The summed E-state index contributed by atoms with van der Waals surface area (Å²) in [5.41, 5.74) is 0.341. The first-order valence-electron chi connectivity index (χ1n) is 6.56. The molecule has 2 fully saturated rings. The SMILES string of the molecule is O=C(NC1CCOC1C1CC1)c1cc(I)ccc1O. The van der Waals surface area contributed by atoms with Crippen LogP contribution >= 0.6 is 22.6 Å². The average molecular weight is 373 g/mol. The van der Waals surface area contributed by atoms with Gasteiger partial charge < -0.3 is 15.2 Å². The molecular formula is C14H16INO3. The number of phenols is 1. The highest BCUT2D eigenvalue weighted by atomic mass is 127. The molecule has 0 spiro atoms. The molecule has 3 rings (SSSR count). The maximum Gasteiger partial charge on any atom is 0.255 e. The Bertz CT molecular complexity index is 501. The van der Waals surface area contributed by atoms with E-state index in [1.165, 1.54) is 12.8 Å². The molecule has 2 unspecified atom stereocenters. The van der Waals surface area contributed by atoms with Gasteiger partial charge in [-0.2, -0.15) is 0 Å². The fourth-order valence-electron chi connectivity index (χ4n) is 2.59. The van der Waals surface area contributed by atoms with Crippen LogP contribution in [0.1, 0.15) is 29.6 Å². The number of carbonyl (C=O) groups is 1. The molecule has 5 heteroatoms. The standard InChI is InChI=1S/C14H16INO3/c15-9-3-4-12(17)10(7-9)14(18)16-11-5-6-19-13(11)8-1-2-8/h3-4,7-8,11,13,17H,1-2,5-6H2,(H,16,18). The molecule has 2 aliphatic rings. The van der Waals surface area contributed by atoms with Crippen molar-refractivity contribution in [1.82, 2.24) is 5.32 Å². The van der Waals surface area contributed by atoms with Crippen molar-refractivity contribution in [3.05, 3.63) is 27.3 Å². The first-order chi connectivity index (χ1) is 9.15. The zero-order chi connectivity index (χ0) is 13.4. The number of benzene rings is 1. The lowest BCUT2D eigenvalue weighted by Crippen LogP contribution is -2.41. The van der Waals surface area contributed by atoms with Gasteiger partial charge in [0.1, 0.15) is 5.75 Å². The molecule has 1 aromatic carbocycles.